The minimum absolute atomic E-state index is 0.162. The van der Waals surface area contributed by atoms with E-state index in [9.17, 15) is 4.79 Å². The molecule has 1 fully saturated rings. The van der Waals surface area contributed by atoms with Gasteiger partial charge >= 0.3 is 6.09 Å². The average molecular weight is 495 g/mol. The number of carbonyl (C=O) groups is 1. The Morgan fingerprint density at radius 3 is 3.03 bits per heavy atom. The molecule has 1 aliphatic heterocycles. The third-order valence-electron chi connectivity index (χ3n) is 5.68. The van der Waals surface area contributed by atoms with Crippen LogP contribution in [0.2, 0.25) is 0 Å². The summed E-state index contributed by atoms with van der Waals surface area (Å²) in [6.07, 6.45) is 6.92. The first-order valence-corrected chi connectivity index (χ1v) is 11.4. The van der Waals surface area contributed by atoms with Gasteiger partial charge in [-0.3, -0.25) is 9.98 Å². The summed E-state index contributed by atoms with van der Waals surface area (Å²) in [5.74, 6) is 0.298. The molecule has 2 aliphatic rings. The molecule has 9 heteroatoms. The molecule has 5 atom stereocenters. The maximum atomic E-state index is 11.6. The molecule has 170 valence electrons. The second kappa shape index (κ2) is 11.1. The fourth-order valence-corrected chi connectivity index (χ4v) is 4.37. The molecule has 1 aromatic heterocycles. The van der Waals surface area contributed by atoms with Gasteiger partial charge in [-0.2, -0.15) is 0 Å². The molecule has 1 amide bonds. The lowest BCUT2D eigenvalue weighted by molar-refractivity contribution is -0.189. The van der Waals surface area contributed by atoms with Gasteiger partial charge in [0.25, 0.3) is 0 Å². The summed E-state index contributed by atoms with van der Waals surface area (Å²) in [6, 6.07) is 1.49. The number of nitrogens with zero attached hydrogens (tertiary/aromatic N) is 2. The number of hydrogen-bond donors (Lipinski definition) is 2. The predicted octanol–water partition coefficient (Wildman–Crippen LogP) is 3.96. The van der Waals surface area contributed by atoms with Crippen molar-refractivity contribution in [1.82, 2.24) is 10.3 Å². The number of nitrogens with one attached hydrogen (secondary N) is 1. The number of pyridine rings is 1. The number of aliphatic imine (C=N–C) groups is 1. The predicted molar refractivity (Wildman–Crippen MR) is 122 cm³/mol. The summed E-state index contributed by atoms with van der Waals surface area (Å²) >= 11 is 3.51. The number of alkyl carbamates (subject to hydrolysis) is 1. The molecule has 3 N–H and O–H groups in total. The highest BCUT2D eigenvalue weighted by Gasteiger charge is 2.37. The highest BCUT2D eigenvalue weighted by atomic mass is 79.9. The van der Waals surface area contributed by atoms with Crippen LogP contribution in [0.3, 0.4) is 0 Å². The van der Waals surface area contributed by atoms with Gasteiger partial charge in [-0.05, 0) is 61.0 Å². The summed E-state index contributed by atoms with van der Waals surface area (Å²) in [6.45, 7) is 6.40. The lowest BCUT2D eigenvalue weighted by atomic mass is 10.0. The van der Waals surface area contributed by atoms with Gasteiger partial charge in [0.1, 0.15) is 5.84 Å². The molecular weight excluding hydrogens is 464 g/mol. The summed E-state index contributed by atoms with van der Waals surface area (Å²) in [4.78, 5) is 21.0. The molecule has 0 aromatic carbocycles. The van der Waals surface area contributed by atoms with Crippen LogP contribution in [0.5, 0.6) is 0 Å². The van der Waals surface area contributed by atoms with E-state index >= 15 is 0 Å². The van der Waals surface area contributed by atoms with Crippen LogP contribution >= 0.6 is 15.9 Å². The maximum absolute atomic E-state index is 11.6. The van der Waals surface area contributed by atoms with E-state index in [-0.39, 0.29) is 30.4 Å². The Labute approximate surface area is 191 Å². The molecular formula is C22H31BrN4O4. The number of fused-ring (bicyclic) bond motifs is 1. The van der Waals surface area contributed by atoms with Crippen LogP contribution < -0.4 is 11.1 Å². The smallest absolute Gasteiger partial charge is 0.407 e. The minimum atomic E-state index is -0.506. The Morgan fingerprint density at radius 1 is 1.55 bits per heavy atom. The van der Waals surface area contributed by atoms with Crippen LogP contribution in [0.4, 0.5) is 4.79 Å². The molecule has 2 heterocycles. The Balaban J connectivity index is 1.81. The molecule has 4 unspecified atom stereocenters. The van der Waals surface area contributed by atoms with Gasteiger partial charge in [-0.25, -0.2) is 4.79 Å². The Kier molecular flexibility index (Phi) is 8.45. The standard InChI is InChI=1S/C22H31BrN4O4/c1-4-7-17(13(2)26-22(28)29-3)27-21(24)16-11-18(31-19-8-5-6-9-30-19)15-10-14(23)12-25-20(15)16/h4,10,12-13,16-19H,1,5-9,11H2,2-3H3,(H2,24,27)(H,26,28)/t13-,16?,17?,18?,19?/m1/s1. The monoisotopic (exact) mass is 494 g/mol. The SMILES string of the molecule is C=CCC(N=C(N)C1CC(OC2CCCCO2)c2cc(Br)cnc21)[C@@H](C)NC(=O)OC. The second-order valence-corrected chi connectivity index (χ2v) is 8.82. The Bertz CT molecular complexity index is 813. The van der Waals surface area contributed by atoms with E-state index in [4.69, 9.17) is 24.9 Å². The highest BCUT2D eigenvalue weighted by molar-refractivity contribution is 9.10. The van der Waals surface area contributed by atoms with Gasteiger partial charge in [-0.1, -0.05) is 6.08 Å². The number of rotatable bonds is 8. The molecule has 31 heavy (non-hydrogen) atoms. The number of methoxy groups -OCH3 is 1. The van der Waals surface area contributed by atoms with Crippen molar-refractivity contribution in [3.63, 3.8) is 0 Å². The van der Waals surface area contributed by atoms with Gasteiger partial charge in [0.2, 0.25) is 0 Å². The van der Waals surface area contributed by atoms with Crippen molar-refractivity contribution in [2.45, 2.75) is 69.4 Å². The first kappa shape index (κ1) is 23.7. The number of nitrogens with two attached hydrogens (primary N) is 1. The van der Waals surface area contributed by atoms with Crippen LogP contribution in [0, 0.1) is 0 Å². The van der Waals surface area contributed by atoms with E-state index in [0.29, 0.717) is 18.7 Å². The molecule has 0 radical (unpaired) electrons. The quantitative estimate of drug-likeness (QED) is 0.321. The zero-order valence-corrected chi connectivity index (χ0v) is 19.6. The minimum Gasteiger partial charge on any atom is -0.453 e. The molecule has 8 nitrogen and oxygen atoms in total. The number of amidine groups is 1. The van der Waals surface area contributed by atoms with E-state index < -0.39 is 6.09 Å². The van der Waals surface area contributed by atoms with Crippen molar-refractivity contribution in [3.05, 3.63) is 40.6 Å². The molecule has 0 spiro atoms. The number of halogens is 1. The van der Waals surface area contributed by atoms with Crippen molar-refractivity contribution in [2.75, 3.05) is 13.7 Å². The van der Waals surface area contributed by atoms with Crippen LogP contribution in [-0.4, -0.2) is 49.0 Å². The zero-order chi connectivity index (χ0) is 22.4. The molecule has 0 saturated carbocycles. The Hall–Kier alpha value is -1.97. The molecule has 1 saturated heterocycles. The second-order valence-electron chi connectivity index (χ2n) is 7.91. The first-order valence-electron chi connectivity index (χ1n) is 10.6. The fourth-order valence-electron chi connectivity index (χ4n) is 4.02. The van der Waals surface area contributed by atoms with Crippen molar-refractivity contribution < 1.29 is 19.0 Å². The molecule has 1 aromatic rings. The highest BCUT2D eigenvalue weighted by Crippen LogP contribution is 2.43. The third-order valence-corrected chi connectivity index (χ3v) is 6.12. The fraction of sp³-hybridized carbons (Fsp3) is 0.591. The maximum Gasteiger partial charge on any atom is 0.407 e. The Morgan fingerprint density at radius 2 is 2.35 bits per heavy atom. The topological polar surface area (TPSA) is 108 Å². The van der Waals surface area contributed by atoms with Gasteiger partial charge in [0.15, 0.2) is 6.29 Å². The summed E-state index contributed by atoms with van der Waals surface area (Å²) < 4.78 is 17.7. The first-order chi connectivity index (χ1) is 14.9. The van der Waals surface area contributed by atoms with E-state index in [1.807, 2.05) is 13.0 Å². The number of amides is 1. The normalized spacial score (nSPS) is 25.4. The summed E-state index contributed by atoms with van der Waals surface area (Å²) in [5, 5.41) is 2.77. The lowest BCUT2D eigenvalue weighted by Crippen LogP contribution is -2.41. The van der Waals surface area contributed by atoms with Crippen LogP contribution in [0.1, 0.15) is 62.3 Å². The van der Waals surface area contributed by atoms with Crippen molar-refractivity contribution in [3.8, 4) is 0 Å². The summed E-state index contributed by atoms with van der Waals surface area (Å²) in [5.41, 5.74) is 8.37. The third kappa shape index (κ3) is 6.05. The zero-order valence-electron chi connectivity index (χ0n) is 18.1. The van der Waals surface area contributed by atoms with Gasteiger partial charge in [-0.15, -0.1) is 6.58 Å². The number of carbonyl (C=O) groups excluding carboxylic acids is 1. The lowest BCUT2D eigenvalue weighted by Gasteiger charge is -2.26. The van der Waals surface area contributed by atoms with Crippen LogP contribution in [0.15, 0.2) is 34.4 Å². The van der Waals surface area contributed by atoms with E-state index in [1.54, 1.807) is 12.3 Å². The summed E-state index contributed by atoms with van der Waals surface area (Å²) in [7, 11) is 1.33. The van der Waals surface area contributed by atoms with Gasteiger partial charge in [0, 0.05) is 22.8 Å². The molecule has 3 rings (SSSR count). The van der Waals surface area contributed by atoms with Crippen LogP contribution in [-0.2, 0) is 14.2 Å². The molecule has 0 bridgehead atoms. The van der Waals surface area contributed by atoms with Gasteiger partial charge in [0.05, 0.1) is 36.9 Å². The number of ether oxygens (including phenoxy) is 3. The average Bonchev–Trinajstić information content (AvgIpc) is 3.11. The number of hydrogen-bond acceptors (Lipinski definition) is 6. The number of aromatic nitrogens is 1. The van der Waals surface area contributed by atoms with E-state index in [2.05, 4.69) is 32.8 Å². The molecule has 1 aliphatic carbocycles. The van der Waals surface area contributed by atoms with Crippen molar-refractivity contribution in [2.24, 2.45) is 10.7 Å². The van der Waals surface area contributed by atoms with Gasteiger partial charge < -0.3 is 25.3 Å². The van der Waals surface area contributed by atoms with Crippen molar-refractivity contribution >= 4 is 27.9 Å². The van der Waals surface area contributed by atoms with Crippen LogP contribution in [0.25, 0.3) is 0 Å². The van der Waals surface area contributed by atoms with E-state index in [1.165, 1.54) is 7.11 Å². The van der Waals surface area contributed by atoms with E-state index in [0.717, 1.165) is 41.6 Å². The largest absolute Gasteiger partial charge is 0.453 e. The van der Waals surface area contributed by atoms with Crippen molar-refractivity contribution in [1.29, 1.82) is 0 Å².